The molecule has 5 heteroatoms. The lowest BCUT2D eigenvalue weighted by molar-refractivity contribution is -0.136. The van der Waals surface area contributed by atoms with Gasteiger partial charge in [0.1, 0.15) is 23.7 Å². The highest BCUT2D eigenvalue weighted by Gasteiger charge is 2.13. The van der Waals surface area contributed by atoms with E-state index in [0.717, 1.165) is 39.0 Å². The average Bonchev–Trinajstić information content (AvgIpc) is 3.12. The molecule has 1 aromatic heterocycles. The predicted octanol–water partition coefficient (Wildman–Crippen LogP) is 5.07. The van der Waals surface area contributed by atoms with Gasteiger partial charge in [0.15, 0.2) is 0 Å². The Balaban J connectivity index is 1.70. The van der Waals surface area contributed by atoms with Crippen LogP contribution in [0.1, 0.15) is 22.5 Å². The highest BCUT2D eigenvalue weighted by molar-refractivity contribution is 5.93. The number of carboxylic acids is 1. The normalized spacial score (nSPS) is 11.0. The molecule has 5 nitrogen and oxygen atoms in total. The molecule has 0 aliphatic heterocycles. The van der Waals surface area contributed by atoms with Crippen molar-refractivity contribution in [3.63, 3.8) is 0 Å². The van der Waals surface area contributed by atoms with E-state index in [1.165, 1.54) is 0 Å². The average molecular weight is 401 g/mol. The predicted molar refractivity (Wildman–Crippen MR) is 116 cm³/mol. The van der Waals surface area contributed by atoms with Gasteiger partial charge in [-0.1, -0.05) is 36.4 Å². The maximum Gasteiger partial charge on any atom is 0.307 e. The summed E-state index contributed by atoms with van der Waals surface area (Å²) in [6, 6.07) is 21.4. The van der Waals surface area contributed by atoms with Crippen LogP contribution in [0.25, 0.3) is 22.1 Å². The molecule has 0 saturated carbocycles. The van der Waals surface area contributed by atoms with Gasteiger partial charge < -0.3 is 20.0 Å². The molecule has 0 fully saturated rings. The summed E-state index contributed by atoms with van der Waals surface area (Å²) in [7, 11) is 0. The summed E-state index contributed by atoms with van der Waals surface area (Å²) in [5, 5.41) is 10.1. The van der Waals surface area contributed by atoms with E-state index in [2.05, 4.69) is 12.1 Å². The van der Waals surface area contributed by atoms with Crippen LogP contribution in [0.2, 0.25) is 0 Å². The SMILES string of the molecule is Cc1cc2cc(COc3ccccc3CC(=O)O)cc(-c3cccc(CN)c3)c2o1. The van der Waals surface area contributed by atoms with Gasteiger partial charge in [-0.15, -0.1) is 0 Å². The summed E-state index contributed by atoms with van der Waals surface area (Å²) in [4.78, 5) is 11.1. The van der Waals surface area contributed by atoms with E-state index in [9.17, 15) is 4.79 Å². The van der Waals surface area contributed by atoms with Crippen LogP contribution in [0, 0.1) is 6.92 Å². The Morgan fingerprint density at radius 3 is 2.67 bits per heavy atom. The highest BCUT2D eigenvalue weighted by Crippen LogP contribution is 2.33. The molecule has 0 unspecified atom stereocenters. The number of aliphatic carboxylic acids is 1. The van der Waals surface area contributed by atoms with Crippen LogP contribution >= 0.6 is 0 Å². The summed E-state index contributed by atoms with van der Waals surface area (Å²) in [5.74, 6) is 0.532. The van der Waals surface area contributed by atoms with Crippen LogP contribution in [0.4, 0.5) is 0 Å². The Kier molecular flexibility index (Phi) is 5.55. The minimum Gasteiger partial charge on any atom is -0.489 e. The van der Waals surface area contributed by atoms with Gasteiger partial charge in [0, 0.05) is 23.1 Å². The molecular formula is C25H23NO4. The summed E-state index contributed by atoms with van der Waals surface area (Å²) < 4.78 is 12.0. The van der Waals surface area contributed by atoms with Crippen LogP contribution in [0.5, 0.6) is 5.75 Å². The van der Waals surface area contributed by atoms with Crippen molar-refractivity contribution in [2.24, 2.45) is 5.73 Å². The lowest BCUT2D eigenvalue weighted by Gasteiger charge is -2.12. The number of ether oxygens (including phenoxy) is 1. The first-order valence-corrected chi connectivity index (χ1v) is 9.78. The van der Waals surface area contributed by atoms with E-state index >= 15 is 0 Å². The maximum absolute atomic E-state index is 11.1. The van der Waals surface area contributed by atoms with E-state index < -0.39 is 5.97 Å². The fourth-order valence-corrected chi connectivity index (χ4v) is 3.62. The lowest BCUT2D eigenvalue weighted by atomic mass is 9.99. The Labute approximate surface area is 174 Å². The Hall–Kier alpha value is -3.57. The molecule has 3 N–H and O–H groups in total. The quantitative estimate of drug-likeness (QED) is 0.451. The van der Waals surface area contributed by atoms with Crippen molar-refractivity contribution in [2.45, 2.75) is 26.5 Å². The van der Waals surface area contributed by atoms with Crippen molar-refractivity contribution >= 4 is 16.9 Å². The third-order valence-corrected chi connectivity index (χ3v) is 4.98. The first kappa shape index (κ1) is 19.7. The first-order valence-electron chi connectivity index (χ1n) is 9.78. The molecule has 4 aromatic rings. The number of nitrogens with two attached hydrogens (primary N) is 1. The topological polar surface area (TPSA) is 85.7 Å². The molecule has 3 aromatic carbocycles. The number of para-hydroxylation sites is 1. The van der Waals surface area contributed by atoms with Gasteiger partial charge in [-0.2, -0.15) is 0 Å². The number of hydrogen-bond donors (Lipinski definition) is 2. The number of furan rings is 1. The maximum atomic E-state index is 11.1. The van der Waals surface area contributed by atoms with Crippen molar-refractivity contribution in [1.82, 2.24) is 0 Å². The second-order valence-corrected chi connectivity index (χ2v) is 7.29. The smallest absolute Gasteiger partial charge is 0.307 e. The van der Waals surface area contributed by atoms with Crippen molar-refractivity contribution in [3.05, 3.63) is 89.2 Å². The standard InChI is InChI=1S/C25H23NO4/c1-16-9-21-11-18(15-29-23-8-3-2-6-20(23)13-24(27)28)12-22(25(21)30-16)19-7-4-5-17(10-19)14-26/h2-12H,13-15,26H2,1H3,(H,27,28). The highest BCUT2D eigenvalue weighted by atomic mass is 16.5. The van der Waals surface area contributed by atoms with E-state index in [0.29, 0.717) is 24.5 Å². The van der Waals surface area contributed by atoms with Gasteiger partial charge in [-0.25, -0.2) is 0 Å². The Morgan fingerprint density at radius 2 is 1.87 bits per heavy atom. The zero-order chi connectivity index (χ0) is 21.1. The van der Waals surface area contributed by atoms with Gasteiger partial charge in [0.2, 0.25) is 0 Å². The first-order chi connectivity index (χ1) is 14.5. The third kappa shape index (κ3) is 4.21. The van der Waals surface area contributed by atoms with Gasteiger partial charge in [0.25, 0.3) is 0 Å². The monoisotopic (exact) mass is 401 g/mol. The van der Waals surface area contributed by atoms with E-state index in [-0.39, 0.29) is 6.42 Å². The van der Waals surface area contributed by atoms with Crippen LogP contribution in [0.15, 0.2) is 71.1 Å². The van der Waals surface area contributed by atoms with Crippen molar-refractivity contribution in [3.8, 4) is 16.9 Å². The minimum absolute atomic E-state index is 0.0761. The van der Waals surface area contributed by atoms with Crippen LogP contribution in [-0.2, 0) is 24.4 Å². The van der Waals surface area contributed by atoms with Gasteiger partial charge in [-0.05, 0) is 53.9 Å². The molecular weight excluding hydrogens is 378 g/mol. The van der Waals surface area contributed by atoms with Crippen molar-refractivity contribution in [1.29, 1.82) is 0 Å². The van der Waals surface area contributed by atoms with Crippen LogP contribution in [-0.4, -0.2) is 11.1 Å². The van der Waals surface area contributed by atoms with Gasteiger partial charge in [-0.3, -0.25) is 4.79 Å². The number of aryl methyl sites for hydroxylation is 1. The molecule has 0 aliphatic rings. The number of carboxylic acid groups (broad SMARTS) is 1. The summed E-state index contributed by atoms with van der Waals surface area (Å²) in [6.45, 7) is 2.72. The second kappa shape index (κ2) is 8.43. The molecule has 4 rings (SSSR count). The van der Waals surface area contributed by atoms with Gasteiger partial charge >= 0.3 is 5.97 Å². The number of rotatable bonds is 7. The molecule has 0 atom stereocenters. The fourth-order valence-electron chi connectivity index (χ4n) is 3.62. The summed E-state index contributed by atoms with van der Waals surface area (Å²) in [5.41, 5.74) is 11.3. The number of fused-ring (bicyclic) bond motifs is 1. The number of hydrogen-bond acceptors (Lipinski definition) is 4. The van der Waals surface area contributed by atoms with E-state index in [1.807, 2.05) is 49.4 Å². The van der Waals surface area contributed by atoms with Crippen LogP contribution in [0.3, 0.4) is 0 Å². The van der Waals surface area contributed by atoms with E-state index in [1.54, 1.807) is 12.1 Å². The van der Waals surface area contributed by atoms with Gasteiger partial charge in [0.05, 0.1) is 6.42 Å². The number of carbonyl (C=O) groups is 1. The molecule has 0 amide bonds. The molecule has 0 radical (unpaired) electrons. The lowest BCUT2D eigenvalue weighted by Crippen LogP contribution is -2.04. The number of benzene rings is 3. The largest absolute Gasteiger partial charge is 0.489 e. The summed E-state index contributed by atoms with van der Waals surface area (Å²) >= 11 is 0. The Bertz CT molecular complexity index is 1210. The third-order valence-electron chi connectivity index (χ3n) is 4.98. The Morgan fingerprint density at radius 1 is 1.03 bits per heavy atom. The fraction of sp³-hybridized carbons (Fsp3) is 0.160. The second-order valence-electron chi connectivity index (χ2n) is 7.29. The minimum atomic E-state index is -0.886. The van der Waals surface area contributed by atoms with Crippen molar-refractivity contribution in [2.75, 3.05) is 0 Å². The zero-order valence-corrected chi connectivity index (χ0v) is 16.7. The van der Waals surface area contributed by atoms with E-state index in [4.69, 9.17) is 20.0 Å². The molecule has 0 bridgehead atoms. The molecule has 1 heterocycles. The van der Waals surface area contributed by atoms with Crippen LogP contribution < -0.4 is 10.5 Å². The molecule has 0 aliphatic carbocycles. The van der Waals surface area contributed by atoms with Crippen molar-refractivity contribution < 1.29 is 19.1 Å². The molecule has 30 heavy (non-hydrogen) atoms. The molecule has 152 valence electrons. The molecule has 0 spiro atoms. The zero-order valence-electron chi connectivity index (χ0n) is 16.7. The molecule has 0 saturated heterocycles. The summed E-state index contributed by atoms with van der Waals surface area (Å²) in [6.07, 6.45) is -0.0761.